The molecule has 0 aliphatic heterocycles. The Bertz CT molecular complexity index is 511. The molecule has 0 saturated carbocycles. The van der Waals surface area contributed by atoms with Gasteiger partial charge in [-0.25, -0.2) is 0 Å². The summed E-state index contributed by atoms with van der Waals surface area (Å²) in [5.74, 6) is 2.50. The molecule has 0 spiro atoms. The van der Waals surface area contributed by atoms with Gasteiger partial charge in [0.2, 0.25) is 0 Å². The molecule has 4 heteroatoms. The second-order valence-electron chi connectivity index (χ2n) is 3.28. The van der Waals surface area contributed by atoms with Crippen molar-refractivity contribution in [3.63, 3.8) is 0 Å². The van der Waals surface area contributed by atoms with Gasteiger partial charge >= 0.3 is 0 Å². The van der Waals surface area contributed by atoms with E-state index in [1.165, 1.54) is 0 Å². The standard InChI is InChI=1S/C12H11N3O/c1-2-6-15-11(9-16)7-12(14-15)10-4-3-5-13-8-10/h1,3-5,7-8,16H,6,9H2. The quantitative estimate of drug-likeness (QED) is 0.776. The summed E-state index contributed by atoms with van der Waals surface area (Å²) in [5.41, 5.74) is 2.39. The molecule has 2 aromatic rings. The Balaban J connectivity index is 2.41. The van der Waals surface area contributed by atoms with Crippen LogP contribution in [0.25, 0.3) is 11.3 Å². The van der Waals surface area contributed by atoms with Crippen molar-refractivity contribution in [3.8, 4) is 23.6 Å². The minimum Gasteiger partial charge on any atom is -0.390 e. The topological polar surface area (TPSA) is 50.9 Å². The van der Waals surface area contributed by atoms with Crippen LogP contribution in [0.4, 0.5) is 0 Å². The second kappa shape index (κ2) is 4.60. The molecular formula is C12H11N3O. The van der Waals surface area contributed by atoms with Gasteiger partial charge in [-0.05, 0) is 18.2 Å². The first-order chi connectivity index (χ1) is 7.85. The minimum absolute atomic E-state index is 0.0745. The summed E-state index contributed by atoms with van der Waals surface area (Å²) < 4.78 is 1.61. The normalized spacial score (nSPS) is 10.0. The van der Waals surface area contributed by atoms with E-state index in [0.717, 1.165) is 11.3 Å². The van der Waals surface area contributed by atoms with E-state index in [0.29, 0.717) is 12.2 Å². The average molecular weight is 213 g/mol. The molecule has 80 valence electrons. The van der Waals surface area contributed by atoms with Crippen LogP contribution < -0.4 is 0 Å². The SMILES string of the molecule is C#CCn1nc(-c2cccnc2)cc1CO. The monoisotopic (exact) mass is 213 g/mol. The number of aliphatic hydroxyl groups is 1. The smallest absolute Gasteiger partial charge is 0.102 e. The van der Waals surface area contributed by atoms with E-state index in [2.05, 4.69) is 16.0 Å². The van der Waals surface area contributed by atoms with Crippen LogP contribution >= 0.6 is 0 Å². The largest absolute Gasteiger partial charge is 0.390 e. The van der Waals surface area contributed by atoms with Crippen molar-refractivity contribution in [2.24, 2.45) is 0 Å². The fourth-order valence-electron chi connectivity index (χ4n) is 1.46. The molecule has 0 aromatic carbocycles. The van der Waals surface area contributed by atoms with Crippen LogP contribution in [-0.4, -0.2) is 19.9 Å². The van der Waals surface area contributed by atoms with E-state index in [4.69, 9.17) is 11.5 Å². The Morgan fingerprint density at radius 3 is 3.00 bits per heavy atom. The summed E-state index contributed by atoms with van der Waals surface area (Å²) in [6, 6.07) is 5.57. The molecule has 0 aliphatic carbocycles. The highest BCUT2D eigenvalue weighted by atomic mass is 16.3. The number of hydrogen-bond donors (Lipinski definition) is 1. The molecule has 0 aliphatic rings. The molecule has 0 bridgehead atoms. The Morgan fingerprint density at radius 2 is 2.38 bits per heavy atom. The zero-order chi connectivity index (χ0) is 11.4. The van der Waals surface area contributed by atoms with E-state index in [1.54, 1.807) is 17.1 Å². The van der Waals surface area contributed by atoms with E-state index in [9.17, 15) is 0 Å². The summed E-state index contributed by atoms with van der Waals surface area (Å²) in [6.45, 7) is 0.283. The zero-order valence-corrected chi connectivity index (χ0v) is 8.67. The lowest BCUT2D eigenvalue weighted by atomic mass is 10.2. The Morgan fingerprint density at radius 1 is 1.50 bits per heavy atom. The molecule has 4 nitrogen and oxygen atoms in total. The van der Waals surface area contributed by atoms with Gasteiger partial charge < -0.3 is 5.11 Å². The van der Waals surface area contributed by atoms with Crippen LogP contribution in [0, 0.1) is 12.3 Å². The first-order valence-electron chi connectivity index (χ1n) is 4.86. The third kappa shape index (κ3) is 1.95. The Labute approximate surface area is 93.6 Å². The lowest BCUT2D eigenvalue weighted by Gasteiger charge is -1.98. The third-order valence-electron chi connectivity index (χ3n) is 2.22. The van der Waals surface area contributed by atoms with E-state index < -0.39 is 0 Å². The predicted octanol–water partition coefficient (Wildman–Crippen LogP) is 1.07. The number of nitrogens with zero attached hydrogens (tertiary/aromatic N) is 3. The second-order valence-corrected chi connectivity index (χ2v) is 3.28. The van der Waals surface area contributed by atoms with Gasteiger partial charge in [-0.1, -0.05) is 5.92 Å². The fraction of sp³-hybridized carbons (Fsp3) is 0.167. The number of rotatable bonds is 3. The maximum absolute atomic E-state index is 9.16. The van der Waals surface area contributed by atoms with E-state index in [1.807, 2.05) is 18.2 Å². The Hall–Kier alpha value is -2.12. The summed E-state index contributed by atoms with van der Waals surface area (Å²) in [7, 11) is 0. The van der Waals surface area contributed by atoms with Gasteiger partial charge in [0, 0.05) is 18.0 Å². The molecule has 0 radical (unpaired) electrons. The van der Waals surface area contributed by atoms with Crippen molar-refractivity contribution < 1.29 is 5.11 Å². The molecule has 0 saturated heterocycles. The van der Waals surface area contributed by atoms with Gasteiger partial charge in [0.15, 0.2) is 0 Å². The number of terminal acetylenes is 1. The van der Waals surface area contributed by atoms with Crippen molar-refractivity contribution in [2.45, 2.75) is 13.2 Å². The Kier molecular flexibility index (Phi) is 2.99. The molecule has 2 heterocycles. The third-order valence-corrected chi connectivity index (χ3v) is 2.22. The summed E-state index contributed by atoms with van der Waals surface area (Å²) in [6.07, 6.45) is 8.66. The lowest BCUT2D eigenvalue weighted by molar-refractivity contribution is 0.269. The van der Waals surface area contributed by atoms with Gasteiger partial charge in [0.25, 0.3) is 0 Å². The van der Waals surface area contributed by atoms with E-state index in [-0.39, 0.29) is 6.61 Å². The average Bonchev–Trinajstić information content (AvgIpc) is 2.74. The zero-order valence-electron chi connectivity index (χ0n) is 8.67. The number of pyridine rings is 1. The van der Waals surface area contributed by atoms with Gasteiger partial charge in [-0.15, -0.1) is 6.42 Å². The predicted molar refractivity (Wildman–Crippen MR) is 60.2 cm³/mol. The molecule has 2 rings (SSSR count). The van der Waals surface area contributed by atoms with E-state index >= 15 is 0 Å². The maximum atomic E-state index is 9.16. The van der Waals surface area contributed by atoms with Crippen LogP contribution in [-0.2, 0) is 13.2 Å². The van der Waals surface area contributed by atoms with Crippen molar-refractivity contribution in [1.82, 2.24) is 14.8 Å². The highest BCUT2D eigenvalue weighted by Crippen LogP contribution is 2.17. The lowest BCUT2D eigenvalue weighted by Crippen LogP contribution is -2.03. The van der Waals surface area contributed by atoms with Crippen LogP contribution in [0.3, 0.4) is 0 Å². The summed E-state index contributed by atoms with van der Waals surface area (Å²) in [5, 5.41) is 13.5. The molecule has 0 amide bonds. The van der Waals surface area contributed by atoms with Crippen LogP contribution in [0.5, 0.6) is 0 Å². The molecule has 1 N–H and O–H groups in total. The van der Waals surface area contributed by atoms with Crippen LogP contribution in [0.15, 0.2) is 30.6 Å². The van der Waals surface area contributed by atoms with Gasteiger partial charge in [0.1, 0.15) is 6.54 Å². The van der Waals surface area contributed by atoms with Crippen molar-refractivity contribution in [1.29, 1.82) is 0 Å². The van der Waals surface area contributed by atoms with Gasteiger partial charge in [0.05, 0.1) is 18.0 Å². The van der Waals surface area contributed by atoms with Crippen LogP contribution in [0.2, 0.25) is 0 Å². The first kappa shape index (κ1) is 10.4. The fourth-order valence-corrected chi connectivity index (χ4v) is 1.46. The van der Waals surface area contributed by atoms with Crippen LogP contribution in [0.1, 0.15) is 5.69 Å². The highest BCUT2D eigenvalue weighted by molar-refractivity contribution is 5.57. The summed E-state index contributed by atoms with van der Waals surface area (Å²) >= 11 is 0. The minimum atomic E-state index is -0.0745. The molecule has 0 fully saturated rings. The van der Waals surface area contributed by atoms with Crippen molar-refractivity contribution in [3.05, 3.63) is 36.3 Å². The number of aliphatic hydroxyl groups excluding tert-OH is 1. The summed E-state index contributed by atoms with van der Waals surface area (Å²) in [4.78, 5) is 4.02. The number of hydrogen-bond acceptors (Lipinski definition) is 3. The highest BCUT2D eigenvalue weighted by Gasteiger charge is 2.07. The molecule has 2 aromatic heterocycles. The number of aromatic nitrogens is 3. The molecule has 0 unspecified atom stereocenters. The maximum Gasteiger partial charge on any atom is 0.102 e. The van der Waals surface area contributed by atoms with Gasteiger partial charge in [-0.3, -0.25) is 9.67 Å². The molecular weight excluding hydrogens is 202 g/mol. The van der Waals surface area contributed by atoms with Gasteiger partial charge in [-0.2, -0.15) is 5.10 Å². The first-order valence-corrected chi connectivity index (χ1v) is 4.86. The van der Waals surface area contributed by atoms with Crippen molar-refractivity contribution >= 4 is 0 Å². The molecule has 0 atom stereocenters. The molecule has 16 heavy (non-hydrogen) atoms. The van der Waals surface area contributed by atoms with Crippen molar-refractivity contribution in [2.75, 3.05) is 0 Å².